The van der Waals surface area contributed by atoms with Gasteiger partial charge in [-0.05, 0) is 118 Å². The van der Waals surface area contributed by atoms with Gasteiger partial charge in [-0.25, -0.2) is 0 Å². The molecule has 32 heavy (non-hydrogen) atoms. The topological polar surface area (TPSA) is 62.1 Å². The van der Waals surface area contributed by atoms with Crippen LogP contribution in [0.25, 0.3) is 6.08 Å². The molecule has 3 aromatic carbocycles. The third-order valence-electron chi connectivity index (χ3n) is 4.35. The SMILES string of the molecule is Cc1cc(Br)c(NC(=O)/C(C#N)=C/c2cc(Br)c(OCc3ccccc3)c(Br)c2)c(Br)c1. The Labute approximate surface area is 220 Å². The Balaban J connectivity index is 1.81. The summed E-state index contributed by atoms with van der Waals surface area (Å²) in [6, 6.07) is 19.2. The normalized spacial score (nSPS) is 11.1. The predicted octanol–water partition coefficient (Wildman–Crippen LogP) is 8.17. The second kappa shape index (κ2) is 11.3. The molecule has 4 nitrogen and oxygen atoms in total. The molecule has 0 radical (unpaired) electrons. The standard InChI is InChI=1S/C24H16Br4N2O2/c1-14-7-18(25)22(19(26)8-14)30-24(31)17(12-29)9-16-10-20(27)23(21(28)11-16)32-13-15-5-3-2-4-6-15/h2-11H,13H2,1H3,(H,30,31)/b17-9+. The van der Waals surface area contributed by atoms with E-state index in [0.29, 0.717) is 32.6 Å². The predicted molar refractivity (Wildman–Crippen MR) is 141 cm³/mol. The molecular weight excluding hydrogens is 668 g/mol. The zero-order chi connectivity index (χ0) is 23.3. The summed E-state index contributed by atoms with van der Waals surface area (Å²) in [6.07, 6.45) is 1.53. The number of halogens is 4. The van der Waals surface area contributed by atoms with E-state index >= 15 is 0 Å². The second-order valence-electron chi connectivity index (χ2n) is 6.82. The molecule has 0 fully saturated rings. The van der Waals surface area contributed by atoms with Gasteiger partial charge in [0.25, 0.3) is 5.91 Å². The van der Waals surface area contributed by atoms with E-state index in [-0.39, 0.29) is 5.57 Å². The maximum atomic E-state index is 12.7. The molecule has 1 amide bonds. The molecule has 3 aromatic rings. The minimum Gasteiger partial charge on any atom is -0.487 e. The largest absolute Gasteiger partial charge is 0.487 e. The molecule has 0 spiro atoms. The lowest BCUT2D eigenvalue weighted by molar-refractivity contribution is -0.112. The van der Waals surface area contributed by atoms with E-state index in [9.17, 15) is 10.1 Å². The fourth-order valence-electron chi connectivity index (χ4n) is 2.85. The number of nitriles is 1. The number of benzene rings is 3. The van der Waals surface area contributed by atoms with Crippen molar-refractivity contribution in [1.29, 1.82) is 5.26 Å². The summed E-state index contributed by atoms with van der Waals surface area (Å²) in [5.41, 5.74) is 3.29. The van der Waals surface area contributed by atoms with Crippen molar-refractivity contribution in [2.45, 2.75) is 13.5 Å². The quantitative estimate of drug-likeness (QED) is 0.211. The number of nitrogens with zero attached hydrogens (tertiary/aromatic N) is 1. The van der Waals surface area contributed by atoms with Gasteiger partial charge in [-0.15, -0.1) is 0 Å². The van der Waals surface area contributed by atoms with Gasteiger partial charge in [0.2, 0.25) is 0 Å². The van der Waals surface area contributed by atoms with Crippen LogP contribution < -0.4 is 10.1 Å². The fraction of sp³-hybridized carbons (Fsp3) is 0.0833. The zero-order valence-electron chi connectivity index (χ0n) is 16.8. The average molecular weight is 684 g/mol. The Morgan fingerprint density at radius 3 is 2.16 bits per heavy atom. The van der Waals surface area contributed by atoms with E-state index < -0.39 is 5.91 Å². The van der Waals surface area contributed by atoms with Gasteiger partial charge in [-0.1, -0.05) is 30.3 Å². The summed E-state index contributed by atoms with van der Waals surface area (Å²) in [7, 11) is 0. The van der Waals surface area contributed by atoms with E-state index in [1.165, 1.54) is 6.08 Å². The Bertz CT molecular complexity index is 1190. The van der Waals surface area contributed by atoms with Gasteiger partial charge in [0.15, 0.2) is 0 Å². The van der Waals surface area contributed by atoms with Gasteiger partial charge in [0.1, 0.15) is 24.0 Å². The van der Waals surface area contributed by atoms with Crippen LogP contribution in [0.2, 0.25) is 0 Å². The number of nitrogens with one attached hydrogen (secondary N) is 1. The average Bonchev–Trinajstić information content (AvgIpc) is 2.74. The van der Waals surface area contributed by atoms with Crippen molar-refractivity contribution in [3.8, 4) is 11.8 Å². The molecule has 0 bridgehead atoms. The van der Waals surface area contributed by atoms with Gasteiger partial charge in [-0.3, -0.25) is 4.79 Å². The lowest BCUT2D eigenvalue weighted by atomic mass is 10.1. The molecule has 0 aliphatic carbocycles. The van der Waals surface area contributed by atoms with Crippen LogP contribution in [-0.2, 0) is 11.4 Å². The first-order valence-electron chi connectivity index (χ1n) is 9.33. The van der Waals surface area contributed by atoms with Gasteiger partial charge in [-0.2, -0.15) is 5.26 Å². The highest BCUT2D eigenvalue weighted by Gasteiger charge is 2.15. The van der Waals surface area contributed by atoms with Gasteiger partial charge >= 0.3 is 0 Å². The zero-order valence-corrected chi connectivity index (χ0v) is 23.1. The molecule has 0 aliphatic rings. The van der Waals surface area contributed by atoms with Crippen LogP contribution in [0, 0.1) is 18.3 Å². The molecule has 0 heterocycles. The van der Waals surface area contributed by atoms with E-state index in [1.54, 1.807) is 12.1 Å². The first-order chi connectivity index (χ1) is 15.3. The minimum atomic E-state index is -0.505. The third-order valence-corrected chi connectivity index (χ3v) is 6.78. The molecule has 0 aromatic heterocycles. The number of aryl methyl sites for hydroxylation is 1. The van der Waals surface area contributed by atoms with Crippen molar-refractivity contribution in [1.82, 2.24) is 0 Å². The number of carbonyl (C=O) groups excluding carboxylic acids is 1. The summed E-state index contributed by atoms with van der Waals surface area (Å²) in [5.74, 6) is 0.135. The molecular formula is C24H16Br4N2O2. The molecule has 162 valence electrons. The van der Waals surface area contributed by atoms with E-state index in [2.05, 4.69) is 69.0 Å². The van der Waals surface area contributed by atoms with Crippen molar-refractivity contribution in [2.75, 3.05) is 5.32 Å². The van der Waals surface area contributed by atoms with Crippen molar-refractivity contribution in [2.24, 2.45) is 0 Å². The molecule has 0 saturated carbocycles. The number of hydrogen-bond acceptors (Lipinski definition) is 3. The number of ether oxygens (including phenoxy) is 1. The number of anilines is 1. The van der Waals surface area contributed by atoms with Crippen LogP contribution >= 0.6 is 63.7 Å². The third kappa shape index (κ3) is 6.32. The van der Waals surface area contributed by atoms with Gasteiger partial charge in [0.05, 0.1) is 14.6 Å². The molecule has 0 aliphatic heterocycles. The van der Waals surface area contributed by atoms with Crippen LogP contribution in [0.4, 0.5) is 5.69 Å². The second-order valence-corrected chi connectivity index (χ2v) is 10.2. The summed E-state index contributed by atoms with van der Waals surface area (Å²) in [5, 5.41) is 12.4. The van der Waals surface area contributed by atoms with Crippen LogP contribution in [0.5, 0.6) is 5.75 Å². The minimum absolute atomic E-state index is 0.0267. The van der Waals surface area contributed by atoms with Crippen molar-refractivity contribution < 1.29 is 9.53 Å². The van der Waals surface area contributed by atoms with E-state index in [0.717, 1.165) is 20.1 Å². The van der Waals surface area contributed by atoms with E-state index in [1.807, 2.05) is 55.5 Å². The van der Waals surface area contributed by atoms with Crippen LogP contribution in [0.15, 0.2) is 78.1 Å². The molecule has 0 atom stereocenters. The number of rotatable bonds is 6. The summed E-state index contributed by atoms with van der Waals surface area (Å²) >= 11 is 13.9. The smallest absolute Gasteiger partial charge is 0.266 e. The Morgan fingerprint density at radius 2 is 1.59 bits per heavy atom. The molecule has 0 saturated heterocycles. The summed E-state index contributed by atoms with van der Waals surface area (Å²) < 4.78 is 8.79. The number of carbonyl (C=O) groups is 1. The Morgan fingerprint density at radius 1 is 1.00 bits per heavy atom. The lowest BCUT2D eigenvalue weighted by Gasteiger charge is -2.12. The van der Waals surface area contributed by atoms with Gasteiger partial charge < -0.3 is 10.1 Å². The highest BCUT2D eigenvalue weighted by molar-refractivity contribution is 9.11. The maximum Gasteiger partial charge on any atom is 0.266 e. The highest BCUT2D eigenvalue weighted by Crippen LogP contribution is 2.36. The van der Waals surface area contributed by atoms with Crippen molar-refractivity contribution in [3.63, 3.8) is 0 Å². The first-order valence-corrected chi connectivity index (χ1v) is 12.5. The number of amides is 1. The number of hydrogen-bond donors (Lipinski definition) is 1. The van der Waals surface area contributed by atoms with Crippen molar-refractivity contribution in [3.05, 3.63) is 94.8 Å². The Hall–Kier alpha value is -1.92. The lowest BCUT2D eigenvalue weighted by Crippen LogP contribution is -2.14. The van der Waals surface area contributed by atoms with E-state index in [4.69, 9.17) is 4.74 Å². The molecule has 8 heteroatoms. The monoisotopic (exact) mass is 680 g/mol. The van der Waals surface area contributed by atoms with Gasteiger partial charge in [0, 0.05) is 8.95 Å². The Kier molecular flexibility index (Phi) is 8.72. The maximum absolute atomic E-state index is 12.7. The first kappa shape index (κ1) is 24.7. The summed E-state index contributed by atoms with van der Waals surface area (Å²) in [6.45, 7) is 2.37. The molecule has 0 unspecified atom stereocenters. The molecule has 1 N–H and O–H groups in total. The van der Waals surface area contributed by atoms with Crippen LogP contribution in [0.1, 0.15) is 16.7 Å². The molecule has 3 rings (SSSR count). The van der Waals surface area contributed by atoms with Crippen LogP contribution in [0.3, 0.4) is 0 Å². The van der Waals surface area contributed by atoms with Crippen LogP contribution in [-0.4, -0.2) is 5.91 Å². The summed E-state index contributed by atoms with van der Waals surface area (Å²) in [4.78, 5) is 12.7. The fourth-order valence-corrected chi connectivity index (χ4v) is 5.91. The highest BCUT2D eigenvalue weighted by atomic mass is 79.9. The van der Waals surface area contributed by atoms with Crippen molar-refractivity contribution >= 4 is 81.4 Å².